The number of rotatable bonds is 2. The van der Waals surface area contributed by atoms with Gasteiger partial charge < -0.3 is 8.83 Å². The van der Waals surface area contributed by atoms with E-state index in [2.05, 4.69) is 4.98 Å². The average Bonchev–Trinajstić information content (AvgIpc) is 2.86. The second-order valence-electron chi connectivity index (χ2n) is 3.13. The molecule has 0 aliphatic rings. The van der Waals surface area contributed by atoms with Crippen LogP contribution in [0.5, 0.6) is 0 Å². The Kier molecular flexibility index (Phi) is 2.38. The van der Waals surface area contributed by atoms with E-state index in [1.165, 1.54) is 11.8 Å². The third-order valence-electron chi connectivity index (χ3n) is 2.01. The molecule has 0 aliphatic carbocycles. The maximum atomic E-state index is 5.86. The minimum absolute atomic E-state index is 0.548. The highest BCUT2D eigenvalue weighted by molar-refractivity contribution is 7.99. The molecule has 0 aliphatic heterocycles. The van der Waals surface area contributed by atoms with Crippen LogP contribution in [-0.4, -0.2) is 4.98 Å². The van der Waals surface area contributed by atoms with Gasteiger partial charge in [-0.3, -0.25) is 0 Å². The molecule has 0 spiro atoms. The monoisotopic (exact) mass is 251 g/mol. The summed E-state index contributed by atoms with van der Waals surface area (Å²) in [6.07, 6.45) is 1.61. The van der Waals surface area contributed by atoms with Crippen LogP contribution >= 0.6 is 23.4 Å². The number of hydrogen-bond donors (Lipinski definition) is 0. The molecular formula is C11H6ClNO2S. The molecule has 0 unspecified atom stereocenters. The first-order chi connectivity index (χ1) is 7.81. The number of furan rings is 1. The molecule has 3 rings (SSSR count). The van der Waals surface area contributed by atoms with Crippen molar-refractivity contribution in [2.24, 2.45) is 0 Å². The second kappa shape index (κ2) is 3.88. The molecule has 16 heavy (non-hydrogen) atoms. The topological polar surface area (TPSA) is 39.2 Å². The first kappa shape index (κ1) is 9.81. The molecule has 2 aromatic heterocycles. The van der Waals surface area contributed by atoms with Crippen molar-refractivity contribution >= 4 is 34.5 Å². The number of benzene rings is 1. The Morgan fingerprint density at radius 1 is 1.25 bits per heavy atom. The van der Waals surface area contributed by atoms with E-state index in [0.29, 0.717) is 15.8 Å². The summed E-state index contributed by atoms with van der Waals surface area (Å²) in [6, 6.07) is 9.03. The average molecular weight is 252 g/mol. The van der Waals surface area contributed by atoms with Crippen LogP contribution in [0, 0.1) is 0 Å². The van der Waals surface area contributed by atoms with Gasteiger partial charge in [-0.1, -0.05) is 11.6 Å². The van der Waals surface area contributed by atoms with Gasteiger partial charge in [0.1, 0.15) is 5.52 Å². The molecule has 0 fully saturated rings. The Balaban J connectivity index is 1.99. The van der Waals surface area contributed by atoms with Crippen LogP contribution in [0.2, 0.25) is 5.02 Å². The minimum atomic E-state index is 0.548. The lowest BCUT2D eigenvalue weighted by Gasteiger charge is -1.88. The van der Waals surface area contributed by atoms with Gasteiger partial charge in [0.2, 0.25) is 0 Å². The Morgan fingerprint density at radius 3 is 3.00 bits per heavy atom. The molecule has 0 N–H and O–H groups in total. The summed E-state index contributed by atoms with van der Waals surface area (Å²) in [5.74, 6) is 0. The van der Waals surface area contributed by atoms with Gasteiger partial charge in [0.05, 0.1) is 6.26 Å². The molecule has 5 heteroatoms. The van der Waals surface area contributed by atoms with Gasteiger partial charge in [-0.15, -0.1) is 0 Å². The SMILES string of the molecule is Clc1ccc2nc(Sc3ccco3)oc2c1. The van der Waals surface area contributed by atoms with Gasteiger partial charge in [-0.2, -0.15) is 0 Å². The van der Waals surface area contributed by atoms with Gasteiger partial charge in [0.25, 0.3) is 5.22 Å². The van der Waals surface area contributed by atoms with E-state index < -0.39 is 0 Å². The van der Waals surface area contributed by atoms with Crippen molar-refractivity contribution in [2.45, 2.75) is 10.3 Å². The molecule has 0 radical (unpaired) electrons. The molecule has 3 nitrogen and oxygen atoms in total. The maximum absolute atomic E-state index is 5.86. The zero-order valence-corrected chi connectivity index (χ0v) is 9.59. The first-order valence-corrected chi connectivity index (χ1v) is 5.78. The van der Waals surface area contributed by atoms with Crippen LogP contribution in [0.25, 0.3) is 11.1 Å². The van der Waals surface area contributed by atoms with Gasteiger partial charge >= 0.3 is 0 Å². The quantitative estimate of drug-likeness (QED) is 0.683. The Labute approximate surface area is 100 Å². The van der Waals surface area contributed by atoms with Crippen molar-refractivity contribution in [1.82, 2.24) is 4.98 Å². The fourth-order valence-electron chi connectivity index (χ4n) is 1.33. The Bertz CT molecular complexity index is 618. The first-order valence-electron chi connectivity index (χ1n) is 4.59. The predicted molar refractivity (Wildman–Crippen MR) is 61.9 cm³/mol. The molecule has 0 saturated carbocycles. The number of hydrogen-bond acceptors (Lipinski definition) is 4. The summed E-state index contributed by atoms with van der Waals surface area (Å²) in [5, 5.41) is 1.93. The van der Waals surface area contributed by atoms with Crippen molar-refractivity contribution in [1.29, 1.82) is 0 Å². The highest BCUT2D eigenvalue weighted by Crippen LogP contribution is 2.30. The van der Waals surface area contributed by atoms with Gasteiger partial charge in [-0.25, -0.2) is 4.98 Å². The number of oxazole rings is 1. The summed E-state index contributed by atoms with van der Waals surface area (Å²) < 4.78 is 10.7. The van der Waals surface area contributed by atoms with Gasteiger partial charge in [-0.05, 0) is 24.3 Å². The third kappa shape index (κ3) is 1.81. The lowest BCUT2D eigenvalue weighted by atomic mass is 10.3. The molecular weight excluding hydrogens is 246 g/mol. The second-order valence-corrected chi connectivity index (χ2v) is 4.52. The van der Waals surface area contributed by atoms with E-state index in [1.807, 2.05) is 18.2 Å². The van der Waals surface area contributed by atoms with Crippen molar-refractivity contribution in [3.63, 3.8) is 0 Å². The lowest BCUT2D eigenvalue weighted by molar-refractivity contribution is 0.459. The zero-order chi connectivity index (χ0) is 11.0. The molecule has 0 bridgehead atoms. The zero-order valence-electron chi connectivity index (χ0n) is 8.01. The fourth-order valence-corrected chi connectivity index (χ4v) is 2.19. The summed E-state index contributed by atoms with van der Waals surface area (Å²) in [4.78, 5) is 4.31. The molecule has 2 heterocycles. The number of fused-ring (bicyclic) bond motifs is 1. The van der Waals surface area contributed by atoms with Crippen LogP contribution in [0.15, 0.2) is 55.7 Å². The van der Waals surface area contributed by atoms with E-state index in [9.17, 15) is 0 Å². The Morgan fingerprint density at radius 2 is 2.19 bits per heavy atom. The molecule has 0 saturated heterocycles. The van der Waals surface area contributed by atoms with Crippen LogP contribution in [0.4, 0.5) is 0 Å². The predicted octanol–water partition coefficient (Wildman–Crippen LogP) is 4.23. The summed E-state index contributed by atoms with van der Waals surface area (Å²) in [5.41, 5.74) is 1.47. The normalized spacial score (nSPS) is 11.1. The van der Waals surface area contributed by atoms with Gasteiger partial charge in [0.15, 0.2) is 10.7 Å². The van der Waals surface area contributed by atoms with Crippen LogP contribution in [0.3, 0.4) is 0 Å². The van der Waals surface area contributed by atoms with E-state index in [-0.39, 0.29) is 0 Å². The van der Waals surface area contributed by atoms with Crippen molar-refractivity contribution in [2.75, 3.05) is 0 Å². The van der Waals surface area contributed by atoms with E-state index in [4.69, 9.17) is 20.4 Å². The molecule has 0 amide bonds. The summed E-state index contributed by atoms with van der Waals surface area (Å²) in [6.45, 7) is 0. The van der Waals surface area contributed by atoms with E-state index in [0.717, 1.165) is 10.6 Å². The van der Waals surface area contributed by atoms with Crippen LogP contribution in [0.1, 0.15) is 0 Å². The third-order valence-corrected chi connectivity index (χ3v) is 3.03. The molecule has 0 atom stereocenters. The highest BCUT2D eigenvalue weighted by Gasteiger charge is 2.09. The fraction of sp³-hybridized carbons (Fsp3) is 0. The minimum Gasteiger partial charge on any atom is -0.458 e. The van der Waals surface area contributed by atoms with Gasteiger partial charge in [0, 0.05) is 22.9 Å². The maximum Gasteiger partial charge on any atom is 0.264 e. The van der Waals surface area contributed by atoms with Crippen LogP contribution < -0.4 is 0 Å². The van der Waals surface area contributed by atoms with Crippen molar-refractivity contribution in [3.8, 4) is 0 Å². The molecule has 80 valence electrons. The highest BCUT2D eigenvalue weighted by atomic mass is 35.5. The van der Waals surface area contributed by atoms with E-state index in [1.54, 1.807) is 18.4 Å². The largest absolute Gasteiger partial charge is 0.458 e. The van der Waals surface area contributed by atoms with Crippen molar-refractivity contribution < 1.29 is 8.83 Å². The summed E-state index contributed by atoms with van der Waals surface area (Å²) >= 11 is 7.20. The number of nitrogens with zero attached hydrogens (tertiary/aromatic N) is 1. The standard InChI is InChI=1S/C11H6ClNO2S/c12-7-3-4-8-9(6-7)15-11(13-8)16-10-2-1-5-14-10/h1-6H. The smallest absolute Gasteiger partial charge is 0.264 e. The summed E-state index contributed by atoms with van der Waals surface area (Å²) in [7, 11) is 0. The van der Waals surface area contributed by atoms with Crippen molar-refractivity contribution in [3.05, 3.63) is 41.6 Å². The number of aromatic nitrogens is 1. The van der Waals surface area contributed by atoms with Crippen LogP contribution in [-0.2, 0) is 0 Å². The lowest BCUT2D eigenvalue weighted by Crippen LogP contribution is -1.68. The van der Waals surface area contributed by atoms with E-state index >= 15 is 0 Å². The Hall–Kier alpha value is -1.39. The molecule has 3 aromatic rings. The number of halogens is 1. The molecule has 1 aromatic carbocycles.